The van der Waals surface area contributed by atoms with Crippen LogP contribution in [0.2, 0.25) is 0 Å². The number of hydrogen-bond acceptors (Lipinski definition) is 4. The third kappa shape index (κ3) is 2.93. The van der Waals surface area contributed by atoms with Gasteiger partial charge < -0.3 is 0 Å². The van der Waals surface area contributed by atoms with Crippen LogP contribution >= 0.6 is 0 Å². The first-order chi connectivity index (χ1) is 12.7. The van der Waals surface area contributed by atoms with Gasteiger partial charge in [-0.3, -0.25) is 10.1 Å². The summed E-state index contributed by atoms with van der Waals surface area (Å²) < 4.78 is 1.75. The minimum Gasteiger partial charge on any atom is -0.258 e. The van der Waals surface area contributed by atoms with Crippen molar-refractivity contribution in [3.63, 3.8) is 0 Å². The van der Waals surface area contributed by atoms with E-state index in [2.05, 4.69) is 10.3 Å². The molecule has 1 heterocycles. The molecule has 0 fully saturated rings. The molecule has 26 heavy (non-hydrogen) atoms. The van der Waals surface area contributed by atoms with Crippen molar-refractivity contribution < 1.29 is 9.61 Å². The zero-order valence-corrected chi connectivity index (χ0v) is 13.6. The second-order valence-corrected chi connectivity index (χ2v) is 5.59. The lowest BCUT2D eigenvalue weighted by atomic mass is 10.2. The topological polar surface area (TPSA) is 77.7 Å². The second kappa shape index (κ2) is 6.56. The summed E-state index contributed by atoms with van der Waals surface area (Å²) >= 11 is 0. The molecule has 0 aliphatic rings. The molecular formula is C19H14N5O2+. The van der Waals surface area contributed by atoms with Gasteiger partial charge in [-0.25, -0.2) is 0 Å². The number of aromatic nitrogens is 4. The summed E-state index contributed by atoms with van der Waals surface area (Å²) in [5.41, 5.74) is 2.46. The molecule has 0 saturated heterocycles. The molecule has 7 heteroatoms. The number of nitro benzene ring substituents is 1. The quantitative estimate of drug-likeness (QED) is 0.324. The fourth-order valence-corrected chi connectivity index (χ4v) is 2.61. The van der Waals surface area contributed by atoms with Crippen molar-refractivity contribution in [2.75, 3.05) is 0 Å². The van der Waals surface area contributed by atoms with E-state index in [1.54, 1.807) is 16.8 Å². The fourth-order valence-electron chi connectivity index (χ4n) is 2.61. The lowest BCUT2D eigenvalue weighted by Crippen LogP contribution is -2.35. The summed E-state index contributed by atoms with van der Waals surface area (Å²) in [6.07, 6.45) is 0. The molecule has 0 bridgehead atoms. The number of non-ortho nitro benzene ring substituents is 1. The third-order valence-electron chi connectivity index (χ3n) is 3.89. The van der Waals surface area contributed by atoms with Crippen LogP contribution in [0.25, 0.3) is 22.8 Å². The Morgan fingerprint density at radius 2 is 1.46 bits per heavy atom. The van der Waals surface area contributed by atoms with Gasteiger partial charge in [-0.05, 0) is 36.4 Å². The highest BCUT2D eigenvalue weighted by Crippen LogP contribution is 2.17. The van der Waals surface area contributed by atoms with Gasteiger partial charge in [0.25, 0.3) is 5.69 Å². The van der Waals surface area contributed by atoms with Crippen LogP contribution in [0.4, 0.5) is 5.69 Å². The number of nitro groups is 1. The Labute approximate surface area is 148 Å². The van der Waals surface area contributed by atoms with E-state index >= 15 is 0 Å². The van der Waals surface area contributed by atoms with Gasteiger partial charge in [0, 0.05) is 16.9 Å². The predicted octanol–water partition coefficient (Wildman–Crippen LogP) is 3.12. The van der Waals surface area contributed by atoms with Gasteiger partial charge in [0.05, 0.1) is 20.8 Å². The van der Waals surface area contributed by atoms with Crippen LogP contribution in [0.15, 0.2) is 84.9 Å². The zero-order chi connectivity index (χ0) is 17.9. The Morgan fingerprint density at radius 1 is 0.846 bits per heavy atom. The van der Waals surface area contributed by atoms with E-state index in [9.17, 15) is 10.1 Å². The number of hydrogen-bond donors (Lipinski definition) is 0. The molecule has 0 amide bonds. The van der Waals surface area contributed by atoms with Gasteiger partial charge in [-0.2, -0.15) is 0 Å². The summed E-state index contributed by atoms with van der Waals surface area (Å²) in [6, 6.07) is 25.6. The van der Waals surface area contributed by atoms with Crippen molar-refractivity contribution in [2.45, 2.75) is 0 Å². The van der Waals surface area contributed by atoms with Gasteiger partial charge in [-0.1, -0.05) is 41.1 Å². The minimum absolute atomic E-state index is 0.0279. The van der Waals surface area contributed by atoms with Crippen LogP contribution in [0, 0.1) is 10.1 Å². The standard InChI is InChI=1S/C19H14N5O2/c25-24(26)18-13-11-17(12-14-18)23-20-19(15-7-3-1-4-8-15)22(21-23)16-9-5-2-6-10-16/h1-14H/q+1. The Morgan fingerprint density at radius 3 is 2.08 bits per heavy atom. The summed E-state index contributed by atoms with van der Waals surface area (Å²) in [5, 5.41) is 20.0. The van der Waals surface area contributed by atoms with Crippen LogP contribution in [0.1, 0.15) is 0 Å². The lowest BCUT2D eigenvalue weighted by molar-refractivity contribution is -0.651. The average molecular weight is 344 g/mol. The molecule has 126 valence electrons. The molecule has 0 radical (unpaired) electrons. The van der Waals surface area contributed by atoms with Crippen LogP contribution in [-0.2, 0) is 0 Å². The van der Waals surface area contributed by atoms with Gasteiger partial charge in [0.2, 0.25) is 0 Å². The van der Waals surface area contributed by atoms with Crippen molar-refractivity contribution in [3.05, 3.63) is 95.0 Å². The Bertz CT molecular complexity index is 988. The third-order valence-corrected chi connectivity index (χ3v) is 3.89. The van der Waals surface area contributed by atoms with E-state index in [0.717, 1.165) is 11.3 Å². The first kappa shape index (κ1) is 15.6. The first-order valence-corrected chi connectivity index (χ1v) is 7.98. The van der Waals surface area contributed by atoms with E-state index in [4.69, 9.17) is 0 Å². The number of rotatable bonds is 4. The maximum Gasteiger partial charge on any atom is 0.335 e. The smallest absolute Gasteiger partial charge is 0.258 e. The number of benzene rings is 3. The molecule has 7 nitrogen and oxygen atoms in total. The summed E-state index contributed by atoms with van der Waals surface area (Å²) in [4.78, 5) is 11.9. The van der Waals surface area contributed by atoms with Crippen LogP contribution < -0.4 is 4.68 Å². The predicted molar refractivity (Wildman–Crippen MR) is 95.0 cm³/mol. The van der Waals surface area contributed by atoms with E-state index in [1.807, 2.05) is 60.7 Å². The molecule has 0 aliphatic carbocycles. The normalized spacial score (nSPS) is 10.6. The molecule has 4 aromatic rings. The highest BCUT2D eigenvalue weighted by Gasteiger charge is 2.23. The summed E-state index contributed by atoms with van der Waals surface area (Å²) in [5.74, 6) is 0.676. The zero-order valence-electron chi connectivity index (χ0n) is 13.6. The molecule has 0 aliphatic heterocycles. The molecule has 0 unspecified atom stereocenters. The minimum atomic E-state index is -0.431. The molecule has 4 rings (SSSR count). The van der Waals surface area contributed by atoms with Gasteiger partial charge >= 0.3 is 5.82 Å². The van der Waals surface area contributed by atoms with Crippen molar-refractivity contribution in [3.8, 4) is 22.8 Å². The fraction of sp³-hybridized carbons (Fsp3) is 0. The summed E-state index contributed by atoms with van der Waals surface area (Å²) in [6.45, 7) is 0. The van der Waals surface area contributed by atoms with E-state index in [1.165, 1.54) is 16.9 Å². The second-order valence-electron chi connectivity index (χ2n) is 5.59. The van der Waals surface area contributed by atoms with Crippen LogP contribution in [0.5, 0.6) is 0 Å². The van der Waals surface area contributed by atoms with Gasteiger partial charge in [0.15, 0.2) is 5.69 Å². The molecule has 0 N–H and O–H groups in total. The number of tetrazole rings is 1. The summed E-state index contributed by atoms with van der Waals surface area (Å²) in [7, 11) is 0. The highest BCUT2D eigenvalue weighted by atomic mass is 16.6. The van der Waals surface area contributed by atoms with Gasteiger partial charge in [-0.15, -0.1) is 0 Å². The Kier molecular flexibility index (Phi) is 3.95. The first-order valence-electron chi connectivity index (χ1n) is 7.98. The number of para-hydroxylation sites is 1. The lowest BCUT2D eigenvalue weighted by Gasteiger charge is -1.97. The molecular weight excluding hydrogens is 330 g/mol. The molecule has 0 saturated carbocycles. The molecule has 0 spiro atoms. The molecule has 0 atom stereocenters. The van der Waals surface area contributed by atoms with E-state index < -0.39 is 4.92 Å². The maximum atomic E-state index is 10.8. The van der Waals surface area contributed by atoms with Crippen molar-refractivity contribution >= 4 is 5.69 Å². The SMILES string of the molecule is O=[N+]([O-])c1ccc(-n2nc(-c3ccccc3)[n+](-c3ccccc3)n2)cc1. The number of nitrogens with zero attached hydrogens (tertiary/aromatic N) is 5. The van der Waals surface area contributed by atoms with E-state index in [-0.39, 0.29) is 5.69 Å². The van der Waals surface area contributed by atoms with E-state index in [0.29, 0.717) is 11.5 Å². The van der Waals surface area contributed by atoms with Crippen LogP contribution in [0.3, 0.4) is 0 Å². The largest absolute Gasteiger partial charge is 0.335 e. The van der Waals surface area contributed by atoms with Crippen molar-refractivity contribution in [1.29, 1.82) is 0 Å². The average Bonchev–Trinajstić information content (AvgIpc) is 3.15. The maximum absolute atomic E-state index is 10.8. The monoisotopic (exact) mass is 344 g/mol. The highest BCUT2D eigenvalue weighted by molar-refractivity contribution is 5.52. The van der Waals surface area contributed by atoms with Gasteiger partial charge in [0.1, 0.15) is 5.69 Å². The Hall–Kier alpha value is -3.87. The Balaban J connectivity index is 1.85. The van der Waals surface area contributed by atoms with Crippen molar-refractivity contribution in [2.24, 2.45) is 0 Å². The molecule has 3 aromatic carbocycles. The molecule has 1 aromatic heterocycles. The van der Waals surface area contributed by atoms with Crippen molar-refractivity contribution in [1.82, 2.24) is 15.1 Å². The van der Waals surface area contributed by atoms with Crippen LogP contribution in [-0.4, -0.2) is 20.0 Å².